The van der Waals surface area contributed by atoms with Crippen LogP contribution in [-0.4, -0.2) is 70.3 Å². The normalized spacial score (nSPS) is 22.2. The molecule has 142 valence electrons. The Morgan fingerprint density at radius 3 is 2.62 bits per heavy atom. The lowest BCUT2D eigenvalue weighted by molar-refractivity contribution is -0.140. The first-order valence-electron chi connectivity index (χ1n) is 9.71. The number of piperidine rings is 2. The topological polar surface area (TPSA) is 56.8 Å². The zero-order valence-corrected chi connectivity index (χ0v) is 15.9. The van der Waals surface area contributed by atoms with Crippen molar-refractivity contribution in [1.29, 1.82) is 0 Å². The van der Waals surface area contributed by atoms with Crippen LogP contribution < -0.4 is 0 Å². The Morgan fingerprint density at radius 2 is 1.96 bits per heavy atom. The predicted molar refractivity (Wildman–Crippen MR) is 100 cm³/mol. The van der Waals surface area contributed by atoms with Crippen LogP contribution in [0.4, 0.5) is 0 Å². The van der Waals surface area contributed by atoms with Gasteiger partial charge in [0.2, 0.25) is 11.8 Å². The molecule has 0 N–H and O–H groups in total. The van der Waals surface area contributed by atoms with Gasteiger partial charge >= 0.3 is 0 Å². The second kappa shape index (κ2) is 8.62. The highest BCUT2D eigenvalue weighted by Gasteiger charge is 2.34. The molecule has 3 heterocycles. The first-order valence-corrected chi connectivity index (χ1v) is 9.71. The van der Waals surface area contributed by atoms with E-state index in [2.05, 4.69) is 16.0 Å². The third-order valence-electron chi connectivity index (χ3n) is 5.83. The van der Waals surface area contributed by atoms with E-state index in [1.807, 2.05) is 29.1 Å². The summed E-state index contributed by atoms with van der Waals surface area (Å²) < 4.78 is 0. The molecule has 2 aliphatic heterocycles. The molecule has 0 saturated carbocycles. The number of amides is 2. The van der Waals surface area contributed by atoms with Crippen molar-refractivity contribution >= 4 is 11.8 Å². The Morgan fingerprint density at radius 1 is 1.19 bits per heavy atom. The molecule has 1 aromatic heterocycles. The zero-order chi connectivity index (χ0) is 18.5. The first-order chi connectivity index (χ1) is 12.6. The number of likely N-dealkylation sites (tertiary alicyclic amines) is 2. The molecule has 2 saturated heterocycles. The average molecular weight is 358 g/mol. The summed E-state index contributed by atoms with van der Waals surface area (Å²) in [6.07, 6.45) is 8.61. The number of hydrogen-bond donors (Lipinski definition) is 0. The fourth-order valence-electron chi connectivity index (χ4n) is 4.13. The van der Waals surface area contributed by atoms with E-state index >= 15 is 0 Å². The number of hydrogen-bond acceptors (Lipinski definition) is 4. The van der Waals surface area contributed by atoms with Crippen molar-refractivity contribution in [3.8, 4) is 0 Å². The molecule has 6 nitrogen and oxygen atoms in total. The summed E-state index contributed by atoms with van der Waals surface area (Å²) in [6.45, 7) is 4.86. The molecule has 26 heavy (non-hydrogen) atoms. The van der Waals surface area contributed by atoms with Crippen LogP contribution in [0.5, 0.6) is 0 Å². The third kappa shape index (κ3) is 4.41. The maximum absolute atomic E-state index is 13.2. The number of rotatable bonds is 4. The molecule has 0 spiro atoms. The van der Waals surface area contributed by atoms with Gasteiger partial charge in [-0.1, -0.05) is 12.5 Å². The molecule has 1 aromatic rings. The predicted octanol–water partition coefficient (Wildman–Crippen LogP) is 1.91. The van der Waals surface area contributed by atoms with Gasteiger partial charge in [-0.2, -0.15) is 0 Å². The minimum Gasteiger partial charge on any atom is -0.343 e. The van der Waals surface area contributed by atoms with Crippen LogP contribution in [0.1, 0.15) is 44.6 Å². The standard InChI is InChI=1S/C20H30N4O2/c1-16(25)22(2)18-8-12-23(13-9-18)20(26)19-7-3-4-11-24(19)15-17-6-5-10-21-14-17/h5-6,10,14,18-19H,3-4,7-9,11-13,15H2,1-2H3. The van der Waals surface area contributed by atoms with Gasteiger partial charge in [0.1, 0.15) is 0 Å². The molecule has 2 amide bonds. The Labute approximate surface area is 156 Å². The van der Waals surface area contributed by atoms with Crippen LogP contribution in [0.2, 0.25) is 0 Å². The van der Waals surface area contributed by atoms with Crippen LogP contribution in [0.15, 0.2) is 24.5 Å². The Hall–Kier alpha value is -1.95. The van der Waals surface area contributed by atoms with Gasteiger partial charge in [-0.25, -0.2) is 0 Å². The number of aromatic nitrogens is 1. The van der Waals surface area contributed by atoms with E-state index in [0.717, 1.165) is 63.8 Å². The molecule has 1 atom stereocenters. The van der Waals surface area contributed by atoms with Crippen molar-refractivity contribution < 1.29 is 9.59 Å². The average Bonchev–Trinajstić information content (AvgIpc) is 2.68. The Kier molecular flexibility index (Phi) is 6.25. The van der Waals surface area contributed by atoms with E-state index in [1.54, 1.807) is 13.1 Å². The number of nitrogens with zero attached hydrogens (tertiary/aromatic N) is 4. The fourth-order valence-corrected chi connectivity index (χ4v) is 4.13. The van der Waals surface area contributed by atoms with E-state index in [1.165, 1.54) is 0 Å². The molecular weight excluding hydrogens is 328 g/mol. The van der Waals surface area contributed by atoms with Crippen LogP contribution in [0.3, 0.4) is 0 Å². The summed E-state index contributed by atoms with van der Waals surface area (Å²) in [7, 11) is 1.86. The maximum atomic E-state index is 13.2. The van der Waals surface area contributed by atoms with E-state index < -0.39 is 0 Å². The van der Waals surface area contributed by atoms with Gasteiger partial charge in [-0.05, 0) is 43.9 Å². The van der Waals surface area contributed by atoms with Gasteiger partial charge in [0, 0.05) is 52.0 Å². The van der Waals surface area contributed by atoms with Gasteiger partial charge in [0.15, 0.2) is 0 Å². The molecular formula is C20H30N4O2. The lowest BCUT2D eigenvalue weighted by atomic mass is 9.97. The number of pyridine rings is 1. The summed E-state index contributed by atoms with van der Waals surface area (Å²) in [6, 6.07) is 4.26. The van der Waals surface area contributed by atoms with Crippen molar-refractivity contribution in [3.63, 3.8) is 0 Å². The monoisotopic (exact) mass is 358 g/mol. The Bertz CT molecular complexity index is 613. The highest BCUT2D eigenvalue weighted by atomic mass is 16.2. The number of carbonyl (C=O) groups excluding carboxylic acids is 2. The zero-order valence-electron chi connectivity index (χ0n) is 15.9. The summed E-state index contributed by atoms with van der Waals surface area (Å²) in [5, 5.41) is 0. The van der Waals surface area contributed by atoms with Gasteiger partial charge in [0.05, 0.1) is 6.04 Å². The highest BCUT2D eigenvalue weighted by Crippen LogP contribution is 2.24. The SMILES string of the molecule is CC(=O)N(C)C1CCN(C(=O)C2CCCCN2Cc2cccnc2)CC1. The van der Waals surface area contributed by atoms with Gasteiger partial charge < -0.3 is 9.80 Å². The van der Waals surface area contributed by atoms with E-state index in [9.17, 15) is 9.59 Å². The van der Waals surface area contributed by atoms with Gasteiger partial charge in [0.25, 0.3) is 0 Å². The Balaban J connectivity index is 1.59. The largest absolute Gasteiger partial charge is 0.343 e. The van der Waals surface area contributed by atoms with E-state index in [4.69, 9.17) is 0 Å². The van der Waals surface area contributed by atoms with Crippen molar-refractivity contribution in [1.82, 2.24) is 19.7 Å². The quantitative estimate of drug-likeness (QED) is 0.825. The second-order valence-electron chi connectivity index (χ2n) is 7.53. The molecule has 3 rings (SSSR count). The lowest BCUT2D eigenvalue weighted by Gasteiger charge is -2.41. The molecule has 2 aliphatic rings. The second-order valence-corrected chi connectivity index (χ2v) is 7.53. The van der Waals surface area contributed by atoms with Gasteiger partial charge in [-0.3, -0.25) is 19.5 Å². The van der Waals surface area contributed by atoms with Crippen molar-refractivity contribution in [2.24, 2.45) is 0 Å². The van der Waals surface area contributed by atoms with E-state index in [0.29, 0.717) is 0 Å². The van der Waals surface area contributed by atoms with Crippen LogP contribution in [-0.2, 0) is 16.1 Å². The molecule has 0 bridgehead atoms. The lowest BCUT2D eigenvalue weighted by Crippen LogP contribution is -2.54. The summed E-state index contributed by atoms with van der Waals surface area (Å²) in [4.78, 5) is 35.0. The molecule has 0 aliphatic carbocycles. The molecule has 0 aromatic carbocycles. The summed E-state index contributed by atoms with van der Waals surface area (Å²) in [5.41, 5.74) is 1.16. The number of carbonyl (C=O) groups is 2. The smallest absolute Gasteiger partial charge is 0.239 e. The van der Waals surface area contributed by atoms with E-state index in [-0.39, 0.29) is 23.9 Å². The maximum Gasteiger partial charge on any atom is 0.239 e. The first kappa shape index (κ1) is 18.8. The van der Waals surface area contributed by atoms with Crippen LogP contribution in [0.25, 0.3) is 0 Å². The van der Waals surface area contributed by atoms with Crippen molar-refractivity contribution in [2.45, 2.75) is 57.7 Å². The fraction of sp³-hybridized carbons (Fsp3) is 0.650. The minimum atomic E-state index is -0.0222. The van der Waals surface area contributed by atoms with Crippen molar-refractivity contribution in [2.75, 3.05) is 26.7 Å². The summed E-state index contributed by atoms with van der Waals surface area (Å²) in [5.74, 6) is 0.363. The third-order valence-corrected chi connectivity index (χ3v) is 5.83. The molecule has 1 unspecified atom stereocenters. The van der Waals surface area contributed by atoms with Crippen molar-refractivity contribution in [3.05, 3.63) is 30.1 Å². The van der Waals surface area contributed by atoms with Crippen LogP contribution >= 0.6 is 0 Å². The molecule has 6 heteroatoms. The van der Waals surface area contributed by atoms with Gasteiger partial charge in [-0.15, -0.1) is 0 Å². The van der Waals surface area contributed by atoms with Crippen LogP contribution in [0, 0.1) is 0 Å². The summed E-state index contributed by atoms with van der Waals surface area (Å²) >= 11 is 0. The highest BCUT2D eigenvalue weighted by molar-refractivity contribution is 5.82. The molecule has 2 fully saturated rings. The minimum absolute atomic E-state index is 0.0222. The molecule has 0 radical (unpaired) electrons.